The number of rotatable bonds is 5. The molecule has 0 saturated carbocycles. The molecule has 1 N–H and O–H groups in total. The molecule has 0 aromatic heterocycles. The summed E-state index contributed by atoms with van der Waals surface area (Å²) in [6.07, 6.45) is 0. The molecule has 4 nitrogen and oxygen atoms in total. The summed E-state index contributed by atoms with van der Waals surface area (Å²) in [6.45, 7) is 5.67. The summed E-state index contributed by atoms with van der Waals surface area (Å²) in [5, 5.41) is 0. The van der Waals surface area contributed by atoms with Crippen molar-refractivity contribution in [2.75, 3.05) is 13.2 Å². The van der Waals surface area contributed by atoms with Crippen LogP contribution < -0.4 is 29.6 Å². The second-order valence-electron chi connectivity index (χ2n) is 2.04. The monoisotopic (exact) mass is 205 g/mol. The summed E-state index contributed by atoms with van der Waals surface area (Å²) >= 11 is 0. The Kier molecular flexibility index (Phi) is 9.52. The fourth-order valence-electron chi connectivity index (χ4n) is 0.688. The fourth-order valence-corrected chi connectivity index (χ4v) is 1.17. The molecule has 0 aromatic carbocycles. The van der Waals surface area contributed by atoms with E-state index in [2.05, 4.69) is 0 Å². The number of hydrogen-bond donors (Lipinski definition) is 1. The van der Waals surface area contributed by atoms with Crippen molar-refractivity contribution in [3.8, 4) is 0 Å². The molecule has 0 aliphatic heterocycles. The molecule has 0 saturated heterocycles. The molecule has 6 heteroatoms. The van der Waals surface area contributed by atoms with Gasteiger partial charge in [0, 0.05) is 6.92 Å². The van der Waals surface area contributed by atoms with Gasteiger partial charge in [0.1, 0.15) is 0 Å². The van der Waals surface area contributed by atoms with Gasteiger partial charge < -0.3 is 10.9 Å². The summed E-state index contributed by atoms with van der Waals surface area (Å²) in [5.74, 6) is 0. The van der Waals surface area contributed by atoms with Crippen LogP contribution in [-0.4, -0.2) is 23.6 Å². The van der Waals surface area contributed by atoms with Crippen molar-refractivity contribution in [2.45, 2.75) is 26.3 Å². The smallest absolute Gasteiger partial charge is 1.00 e. The van der Waals surface area contributed by atoms with Crippen LogP contribution in [0.2, 0.25) is 0 Å². The summed E-state index contributed by atoms with van der Waals surface area (Å²) in [4.78, 5) is 8.79. The number of hydrogen-bond acceptors (Lipinski definition) is 3. The zero-order valence-electron chi connectivity index (χ0n) is 9.03. The maximum atomic E-state index is 10.7. The molecular formula is C6H15NaO4P+. The van der Waals surface area contributed by atoms with Crippen molar-refractivity contribution < 1.29 is 49.9 Å². The van der Waals surface area contributed by atoms with Crippen molar-refractivity contribution in [3.63, 3.8) is 0 Å². The third-order valence-corrected chi connectivity index (χ3v) is 2.12. The van der Waals surface area contributed by atoms with Gasteiger partial charge in [0.05, 0.1) is 13.2 Å². The molecule has 68 valence electrons. The van der Waals surface area contributed by atoms with Crippen LogP contribution in [-0.2, 0) is 14.0 Å². The Balaban J connectivity index is -0.000000500. The molecule has 12 heavy (non-hydrogen) atoms. The van der Waals surface area contributed by atoms with Crippen molar-refractivity contribution in [1.29, 1.82) is 0 Å². The second kappa shape index (κ2) is 7.39. The predicted molar refractivity (Wildman–Crippen MR) is 42.6 cm³/mol. The summed E-state index contributed by atoms with van der Waals surface area (Å²) in [5.41, 5.74) is -1.33. The average Bonchev–Trinajstić information content (AvgIpc) is 1.88. The Morgan fingerprint density at radius 3 is 1.92 bits per heavy atom. The molecule has 0 rings (SSSR count). The molecule has 0 aromatic rings. The first-order valence-electron chi connectivity index (χ1n) is 3.51. The van der Waals surface area contributed by atoms with Crippen molar-refractivity contribution in [2.24, 2.45) is 0 Å². The van der Waals surface area contributed by atoms with Gasteiger partial charge in [0.25, 0.3) is 0 Å². The van der Waals surface area contributed by atoms with E-state index in [1.807, 2.05) is 0 Å². The van der Waals surface area contributed by atoms with E-state index in [0.29, 0.717) is 13.2 Å². The molecule has 0 aliphatic carbocycles. The van der Waals surface area contributed by atoms with E-state index in [1.54, 1.807) is 13.8 Å². The molecule has 0 spiro atoms. The minimum absolute atomic E-state index is 0. The van der Waals surface area contributed by atoms with Crippen molar-refractivity contribution in [1.82, 2.24) is 0 Å². The van der Waals surface area contributed by atoms with E-state index >= 15 is 0 Å². The van der Waals surface area contributed by atoms with E-state index in [9.17, 15) is 4.57 Å². The molecule has 0 bridgehead atoms. The first-order valence-corrected chi connectivity index (χ1v) is 4.72. The van der Waals surface area contributed by atoms with Crippen LogP contribution in [0.4, 0.5) is 0 Å². The topological polar surface area (TPSA) is 55.8 Å². The van der Waals surface area contributed by atoms with E-state index in [1.165, 1.54) is 6.92 Å². The molecule has 0 heterocycles. The summed E-state index contributed by atoms with van der Waals surface area (Å²) in [6, 6.07) is 0. The first kappa shape index (κ1) is 15.5. The van der Waals surface area contributed by atoms with Gasteiger partial charge >= 0.3 is 43.1 Å². The maximum absolute atomic E-state index is 10.7. The Morgan fingerprint density at radius 2 is 1.75 bits per heavy atom. The van der Waals surface area contributed by atoms with Gasteiger partial charge in [-0.3, -0.25) is 0 Å². The minimum Gasteiger partial charge on any atom is -1.00 e. The van der Waals surface area contributed by atoms with Crippen molar-refractivity contribution >= 4 is 8.03 Å². The Morgan fingerprint density at radius 1 is 1.42 bits per heavy atom. The SMILES string of the molecule is CCOC(C)(OCC)[P+](=O)O.[H-].[Na+]. The zero-order valence-corrected chi connectivity index (χ0v) is 10.9. The molecular weight excluding hydrogens is 190 g/mol. The third-order valence-electron chi connectivity index (χ3n) is 1.17. The first-order chi connectivity index (χ1) is 5.06. The summed E-state index contributed by atoms with van der Waals surface area (Å²) in [7, 11) is -2.45. The maximum Gasteiger partial charge on any atom is 1.00 e. The van der Waals surface area contributed by atoms with Gasteiger partial charge in [-0.1, -0.05) is 0 Å². The van der Waals surface area contributed by atoms with E-state index in [4.69, 9.17) is 14.4 Å². The predicted octanol–water partition coefficient (Wildman–Crippen LogP) is -1.42. The van der Waals surface area contributed by atoms with Crippen LogP contribution in [0.3, 0.4) is 0 Å². The van der Waals surface area contributed by atoms with Gasteiger partial charge in [-0.15, -0.1) is 0 Å². The largest absolute Gasteiger partial charge is 1.00 e. The van der Waals surface area contributed by atoms with Crippen LogP contribution >= 0.6 is 8.03 Å². The van der Waals surface area contributed by atoms with Crippen LogP contribution in [0, 0.1) is 0 Å². The molecule has 0 radical (unpaired) electrons. The Labute approximate surface area is 97.3 Å². The van der Waals surface area contributed by atoms with E-state index in [-0.39, 0.29) is 31.0 Å². The van der Waals surface area contributed by atoms with Gasteiger partial charge in [-0.2, -0.15) is 4.89 Å². The molecule has 1 unspecified atom stereocenters. The van der Waals surface area contributed by atoms with Gasteiger partial charge in [0.15, 0.2) is 0 Å². The quantitative estimate of drug-likeness (QED) is 0.340. The van der Waals surface area contributed by atoms with E-state index < -0.39 is 13.6 Å². The van der Waals surface area contributed by atoms with Crippen LogP contribution in [0.5, 0.6) is 0 Å². The Bertz CT molecular complexity index is 141. The normalized spacial score (nSPS) is 12.2. The standard InChI is InChI=1S/C6H13O4P.Na.H/c1-4-9-6(3,10-5-2)11(7)8;;/h4-5H2,1-3H3;;/q;+1;-1/p+1. The van der Waals surface area contributed by atoms with Crippen LogP contribution in [0.1, 0.15) is 22.2 Å². The molecule has 0 aliphatic rings. The van der Waals surface area contributed by atoms with E-state index in [0.717, 1.165) is 0 Å². The fraction of sp³-hybridized carbons (Fsp3) is 1.00. The zero-order chi connectivity index (χ0) is 8.91. The third kappa shape index (κ3) is 4.87. The summed E-state index contributed by atoms with van der Waals surface area (Å²) < 4.78 is 20.7. The minimum atomic E-state index is -2.45. The molecule has 0 fully saturated rings. The van der Waals surface area contributed by atoms with Crippen LogP contribution in [0.25, 0.3) is 0 Å². The van der Waals surface area contributed by atoms with Crippen LogP contribution in [0.15, 0.2) is 0 Å². The number of ether oxygens (including phenoxy) is 2. The van der Waals surface area contributed by atoms with Crippen molar-refractivity contribution in [3.05, 3.63) is 0 Å². The van der Waals surface area contributed by atoms with Gasteiger partial charge in [0.2, 0.25) is 0 Å². The molecule has 0 amide bonds. The Hall–Kier alpha value is 0.980. The molecule has 1 atom stereocenters. The average molecular weight is 205 g/mol. The second-order valence-corrected chi connectivity index (χ2v) is 3.39. The van der Waals surface area contributed by atoms with Gasteiger partial charge in [-0.05, 0) is 18.4 Å². The van der Waals surface area contributed by atoms with Gasteiger partial charge in [-0.25, -0.2) is 0 Å².